The third kappa shape index (κ3) is 1.06. The van der Waals surface area contributed by atoms with Gasteiger partial charge in [-0.05, 0) is 13.0 Å². The highest BCUT2D eigenvalue weighted by Crippen LogP contribution is 2.25. The second-order valence-corrected chi connectivity index (χ2v) is 3.54. The fraction of sp³-hybridized carbons (Fsp3) is 0.444. The molecule has 1 aliphatic rings. The minimum absolute atomic E-state index is 0.0864. The van der Waals surface area contributed by atoms with Crippen LogP contribution in [0.15, 0.2) is 23.0 Å². The maximum absolute atomic E-state index is 9.65. The average molecular weight is 193 g/mol. The van der Waals surface area contributed by atoms with Crippen molar-refractivity contribution in [1.82, 2.24) is 14.7 Å². The fourth-order valence-corrected chi connectivity index (χ4v) is 1.87. The van der Waals surface area contributed by atoms with Gasteiger partial charge in [-0.3, -0.25) is 4.40 Å². The second-order valence-electron chi connectivity index (χ2n) is 3.54. The Bertz CT molecular complexity index is 419. The number of oxazole rings is 1. The van der Waals surface area contributed by atoms with Gasteiger partial charge in [0.05, 0.1) is 18.3 Å². The van der Waals surface area contributed by atoms with E-state index in [1.54, 1.807) is 6.20 Å². The summed E-state index contributed by atoms with van der Waals surface area (Å²) in [5.41, 5.74) is 0. The molecule has 5 nitrogen and oxygen atoms in total. The van der Waals surface area contributed by atoms with Crippen LogP contribution in [-0.4, -0.2) is 27.1 Å². The zero-order chi connectivity index (χ0) is 9.54. The minimum Gasteiger partial charge on any atom is -0.426 e. The fourth-order valence-electron chi connectivity index (χ4n) is 1.87. The van der Waals surface area contributed by atoms with E-state index in [0.29, 0.717) is 5.84 Å². The number of hydrogen-bond donors (Lipinski definition) is 2. The molecule has 2 aromatic rings. The Morgan fingerprint density at radius 2 is 2.57 bits per heavy atom. The molecule has 5 heteroatoms. The van der Waals surface area contributed by atoms with Crippen LogP contribution < -0.4 is 5.32 Å². The van der Waals surface area contributed by atoms with Gasteiger partial charge in [-0.15, -0.1) is 0 Å². The minimum atomic E-state index is -0.356. The quantitative estimate of drug-likeness (QED) is 0.684. The first-order chi connectivity index (χ1) is 6.84. The predicted molar refractivity (Wildman–Crippen MR) is 48.8 cm³/mol. The SMILES string of the molecule is OC1CCNC1c1cn2ccnc2o1. The molecular weight excluding hydrogens is 182 g/mol. The summed E-state index contributed by atoms with van der Waals surface area (Å²) in [4.78, 5) is 4.02. The van der Waals surface area contributed by atoms with Crippen LogP contribution in [0.2, 0.25) is 0 Å². The lowest BCUT2D eigenvalue weighted by Gasteiger charge is -2.09. The van der Waals surface area contributed by atoms with Crippen LogP contribution in [0.4, 0.5) is 0 Å². The zero-order valence-electron chi connectivity index (χ0n) is 7.55. The average Bonchev–Trinajstić information content (AvgIpc) is 2.75. The van der Waals surface area contributed by atoms with Crippen molar-refractivity contribution in [2.45, 2.75) is 18.6 Å². The predicted octanol–water partition coefficient (Wildman–Crippen LogP) is 0.323. The van der Waals surface area contributed by atoms with Gasteiger partial charge in [0.2, 0.25) is 0 Å². The molecule has 0 aliphatic carbocycles. The van der Waals surface area contributed by atoms with Crippen molar-refractivity contribution >= 4 is 5.84 Å². The standard InChI is InChI=1S/C9H11N3O2/c13-6-1-2-10-8(6)7-5-12-4-3-11-9(12)14-7/h3-6,8,10,13H,1-2H2. The van der Waals surface area contributed by atoms with Crippen molar-refractivity contribution in [3.63, 3.8) is 0 Å². The number of nitrogens with one attached hydrogen (secondary N) is 1. The van der Waals surface area contributed by atoms with Gasteiger partial charge in [-0.2, -0.15) is 0 Å². The number of rotatable bonds is 1. The van der Waals surface area contributed by atoms with E-state index in [1.807, 2.05) is 16.8 Å². The molecule has 1 saturated heterocycles. The number of fused-ring (bicyclic) bond motifs is 1. The summed E-state index contributed by atoms with van der Waals surface area (Å²) >= 11 is 0. The van der Waals surface area contributed by atoms with Crippen molar-refractivity contribution < 1.29 is 9.52 Å². The Morgan fingerprint density at radius 3 is 3.29 bits per heavy atom. The number of hydrogen-bond acceptors (Lipinski definition) is 4. The molecule has 0 amide bonds. The number of aliphatic hydroxyl groups is 1. The van der Waals surface area contributed by atoms with E-state index in [1.165, 1.54) is 0 Å². The molecular formula is C9H11N3O2. The molecule has 14 heavy (non-hydrogen) atoms. The van der Waals surface area contributed by atoms with E-state index < -0.39 is 0 Å². The van der Waals surface area contributed by atoms with E-state index >= 15 is 0 Å². The summed E-state index contributed by atoms with van der Waals surface area (Å²) in [7, 11) is 0. The molecule has 3 rings (SSSR count). The highest BCUT2D eigenvalue weighted by molar-refractivity contribution is 5.26. The van der Waals surface area contributed by atoms with Gasteiger partial charge in [-0.1, -0.05) is 0 Å². The lowest BCUT2D eigenvalue weighted by molar-refractivity contribution is 0.150. The summed E-state index contributed by atoms with van der Waals surface area (Å²) in [6.45, 7) is 0.828. The maximum Gasteiger partial charge on any atom is 0.305 e. The van der Waals surface area contributed by atoms with Crippen molar-refractivity contribution in [2.75, 3.05) is 6.54 Å². The first-order valence-electron chi connectivity index (χ1n) is 4.68. The summed E-state index contributed by atoms with van der Waals surface area (Å²) in [6, 6.07) is -0.0864. The van der Waals surface area contributed by atoms with Crippen molar-refractivity contribution in [1.29, 1.82) is 0 Å². The molecule has 0 radical (unpaired) electrons. The topological polar surface area (TPSA) is 62.7 Å². The normalized spacial score (nSPS) is 27.5. The molecule has 2 N–H and O–H groups in total. The highest BCUT2D eigenvalue weighted by Gasteiger charge is 2.29. The van der Waals surface area contributed by atoms with E-state index in [9.17, 15) is 5.11 Å². The van der Waals surface area contributed by atoms with Crippen LogP contribution in [0, 0.1) is 0 Å². The van der Waals surface area contributed by atoms with Gasteiger partial charge in [0.15, 0.2) is 0 Å². The molecule has 2 aromatic heterocycles. The number of aliphatic hydroxyl groups excluding tert-OH is 1. The Balaban J connectivity index is 2.01. The summed E-state index contributed by atoms with van der Waals surface area (Å²) in [5, 5.41) is 12.8. The van der Waals surface area contributed by atoms with Crippen LogP contribution in [0.25, 0.3) is 5.84 Å². The molecule has 2 unspecified atom stereocenters. The van der Waals surface area contributed by atoms with E-state index in [2.05, 4.69) is 10.3 Å². The molecule has 1 fully saturated rings. The third-order valence-electron chi connectivity index (χ3n) is 2.60. The third-order valence-corrected chi connectivity index (χ3v) is 2.60. The lowest BCUT2D eigenvalue weighted by Crippen LogP contribution is -2.20. The van der Waals surface area contributed by atoms with Gasteiger partial charge in [0.1, 0.15) is 5.76 Å². The summed E-state index contributed by atoms with van der Waals surface area (Å²) < 4.78 is 7.30. The highest BCUT2D eigenvalue weighted by atomic mass is 16.4. The monoisotopic (exact) mass is 193 g/mol. The van der Waals surface area contributed by atoms with E-state index in [0.717, 1.165) is 18.7 Å². The van der Waals surface area contributed by atoms with Gasteiger partial charge in [0.25, 0.3) is 0 Å². The Labute approximate surface area is 80.4 Å². The first kappa shape index (κ1) is 8.02. The van der Waals surface area contributed by atoms with Crippen LogP contribution in [0.5, 0.6) is 0 Å². The van der Waals surface area contributed by atoms with Crippen LogP contribution in [0.3, 0.4) is 0 Å². The maximum atomic E-state index is 9.65. The first-order valence-corrected chi connectivity index (χ1v) is 4.68. The Morgan fingerprint density at radius 1 is 1.64 bits per heavy atom. The Kier molecular flexibility index (Phi) is 1.62. The van der Waals surface area contributed by atoms with E-state index in [-0.39, 0.29) is 12.1 Å². The summed E-state index contributed by atoms with van der Waals surface area (Å²) in [5.74, 6) is 1.32. The molecule has 74 valence electrons. The van der Waals surface area contributed by atoms with Crippen LogP contribution in [-0.2, 0) is 0 Å². The van der Waals surface area contributed by atoms with Gasteiger partial charge in [0, 0.05) is 12.4 Å². The molecule has 0 aromatic carbocycles. The molecule has 1 aliphatic heterocycles. The molecule has 0 bridgehead atoms. The van der Waals surface area contributed by atoms with Crippen LogP contribution in [0.1, 0.15) is 18.2 Å². The molecule has 0 saturated carbocycles. The molecule has 3 heterocycles. The van der Waals surface area contributed by atoms with Gasteiger partial charge in [-0.25, -0.2) is 4.98 Å². The largest absolute Gasteiger partial charge is 0.426 e. The molecule has 2 atom stereocenters. The Hall–Kier alpha value is -1.33. The number of aromatic nitrogens is 2. The molecule has 0 spiro atoms. The number of nitrogens with zero attached hydrogens (tertiary/aromatic N) is 2. The van der Waals surface area contributed by atoms with Crippen molar-refractivity contribution in [3.8, 4) is 0 Å². The van der Waals surface area contributed by atoms with E-state index in [4.69, 9.17) is 4.42 Å². The zero-order valence-corrected chi connectivity index (χ0v) is 7.55. The van der Waals surface area contributed by atoms with Crippen LogP contribution >= 0.6 is 0 Å². The van der Waals surface area contributed by atoms with Gasteiger partial charge < -0.3 is 14.8 Å². The lowest BCUT2D eigenvalue weighted by atomic mass is 10.1. The van der Waals surface area contributed by atoms with Crippen molar-refractivity contribution in [2.24, 2.45) is 0 Å². The number of imidazole rings is 1. The second kappa shape index (κ2) is 2.83. The smallest absolute Gasteiger partial charge is 0.305 e. The van der Waals surface area contributed by atoms with Gasteiger partial charge >= 0.3 is 5.84 Å². The summed E-state index contributed by atoms with van der Waals surface area (Å²) in [6.07, 6.45) is 5.78. The van der Waals surface area contributed by atoms with Crippen molar-refractivity contribution in [3.05, 3.63) is 24.4 Å².